The van der Waals surface area contributed by atoms with Crippen molar-refractivity contribution in [2.24, 2.45) is 7.05 Å². The number of aryl methyl sites for hydroxylation is 3. The van der Waals surface area contributed by atoms with Gasteiger partial charge in [0, 0.05) is 51.5 Å². The molecule has 0 radical (unpaired) electrons. The van der Waals surface area contributed by atoms with Crippen LogP contribution in [0.3, 0.4) is 0 Å². The van der Waals surface area contributed by atoms with Crippen LogP contribution in [0.2, 0.25) is 0 Å². The van der Waals surface area contributed by atoms with Gasteiger partial charge in [-0.1, -0.05) is 36.0 Å². The summed E-state index contributed by atoms with van der Waals surface area (Å²) in [4.78, 5) is 4.49. The average Bonchev–Trinajstić information content (AvgIpc) is 3.39. The number of aromatic nitrogens is 4. The standard InChI is InChI=1S/C25H18N4O.Pt/c1-27-17-29(24-8-3-2-7-23(24)27)19-5-4-6-20(15-19)30-21-10-9-18-11-13-28-14-12-26-25(28)22(18)16-21;/h2-10,12,14H,11,13H2,1H3;/q-2;. The van der Waals surface area contributed by atoms with Crippen molar-refractivity contribution in [3.05, 3.63) is 91.0 Å². The number of ether oxygens (including phenoxy) is 1. The van der Waals surface area contributed by atoms with E-state index in [2.05, 4.69) is 46.2 Å². The third-order valence-corrected chi connectivity index (χ3v) is 5.51. The number of nitrogens with zero attached hydrogens (tertiary/aromatic N) is 4. The SMILES string of the molecule is C[n+]1[c-]n(-c2[c-]c(Oc3[c-]c4c(cc3)CCn3ccnc3-4)ccc2)c2ccccc21.[Pt]. The van der Waals surface area contributed by atoms with Crippen LogP contribution in [-0.2, 0) is 41.1 Å². The average molecular weight is 586 g/mol. The molecule has 1 aliphatic heterocycles. The van der Waals surface area contributed by atoms with Gasteiger partial charge in [-0.15, -0.1) is 35.4 Å². The number of hydrogen-bond donors (Lipinski definition) is 0. The molecule has 6 heteroatoms. The maximum atomic E-state index is 6.13. The fourth-order valence-corrected chi connectivity index (χ4v) is 4.05. The Labute approximate surface area is 194 Å². The van der Waals surface area contributed by atoms with Gasteiger partial charge < -0.3 is 18.4 Å². The quantitative estimate of drug-likeness (QED) is 0.237. The summed E-state index contributed by atoms with van der Waals surface area (Å²) < 4.78 is 12.3. The summed E-state index contributed by atoms with van der Waals surface area (Å²) in [5.74, 6) is 2.24. The molecule has 0 spiro atoms. The molecule has 0 saturated carbocycles. The van der Waals surface area contributed by atoms with E-state index in [0.29, 0.717) is 11.5 Å². The Morgan fingerprint density at radius 2 is 1.87 bits per heavy atom. The number of imidazole rings is 2. The molecule has 3 heterocycles. The molecule has 0 aliphatic carbocycles. The van der Waals surface area contributed by atoms with E-state index in [1.54, 1.807) is 0 Å². The molecule has 31 heavy (non-hydrogen) atoms. The van der Waals surface area contributed by atoms with Crippen molar-refractivity contribution in [1.82, 2.24) is 14.1 Å². The molecule has 0 N–H and O–H groups in total. The van der Waals surface area contributed by atoms with E-state index in [4.69, 9.17) is 4.74 Å². The Hall–Kier alpha value is -3.17. The van der Waals surface area contributed by atoms with Crippen molar-refractivity contribution >= 4 is 11.0 Å². The fourth-order valence-electron chi connectivity index (χ4n) is 4.05. The van der Waals surface area contributed by atoms with Crippen molar-refractivity contribution in [2.75, 3.05) is 0 Å². The monoisotopic (exact) mass is 585 g/mol. The van der Waals surface area contributed by atoms with Crippen LogP contribution >= 0.6 is 0 Å². The molecule has 0 fully saturated rings. The van der Waals surface area contributed by atoms with Crippen LogP contribution in [0.1, 0.15) is 5.56 Å². The minimum atomic E-state index is 0. The Morgan fingerprint density at radius 1 is 1.00 bits per heavy atom. The summed E-state index contributed by atoms with van der Waals surface area (Å²) in [7, 11) is 1.99. The van der Waals surface area contributed by atoms with Crippen molar-refractivity contribution < 1.29 is 30.4 Å². The first-order chi connectivity index (χ1) is 14.8. The van der Waals surface area contributed by atoms with Gasteiger partial charge in [-0.3, -0.25) is 4.98 Å². The number of fused-ring (bicyclic) bond motifs is 4. The van der Waals surface area contributed by atoms with Gasteiger partial charge in [0.1, 0.15) is 0 Å². The molecule has 3 aromatic carbocycles. The third-order valence-electron chi connectivity index (χ3n) is 5.51. The summed E-state index contributed by atoms with van der Waals surface area (Å²) in [5, 5.41) is 0. The second kappa shape index (κ2) is 7.82. The topological polar surface area (TPSA) is 35.9 Å². The van der Waals surface area contributed by atoms with E-state index in [1.807, 2.05) is 65.0 Å². The molecule has 156 valence electrons. The van der Waals surface area contributed by atoms with Crippen LogP contribution in [0, 0.1) is 18.5 Å². The Bertz CT molecular complexity index is 1400. The van der Waals surface area contributed by atoms with Crippen molar-refractivity contribution in [1.29, 1.82) is 0 Å². The zero-order valence-electron chi connectivity index (χ0n) is 16.8. The molecule has 5 aromatic rings. The molecule has 6 rings (SSSR count). The van der Waals surface area contributed by atoms with Crippen molar-refractivity contribution in [3.8, 4) is 28.6 Å². The molecule has 0 bridgehead atoms. The summed E-state index contributed by atoms with van der Waals surface area (Å²) in [6.07, 6.45) is 8.16. The Balaban J connectivity index is 0.00000204. The zero-order valence-corrected chi connectivity index (χ0v) is 19.1. The van der Waals surface area contributed by atoms with Crippen LogP contribution in [0.4, 0.5) is 0 Å². The van der Waals surface area contributed by atoms with Crippen LogP contribution in [0.25, 0.3) is 28.1 Å². The number of para-hydroxylation sites is 2. The van der Waals surface area contributed by atoms with E-state index in [0.717, 1.165) is 41.1 Å². The molecule has 0 atom stereocenters. The minimum Gasteiger partial charge on any atom is -0.504 e. The molecular weight excluding hydrogens is 567 g/mol. The number of hydrogen-bond acceptors (Lipinski definition) is 2. The van der Waals surface area contributed by atoms with E-state index in [9.17, 15) is 0 Å². The molecule has 1 aliphatic rings. The Morgan fingerprint density at radius 3 is 2.81 bits per heavy atom. The summed E-state index contributed by atoms with van der Waals surface area (Å²) in [6, 6.07) is 24.9. The van der Waals surface area contributed by atoms with Crippen molar-refractivity contribution in [2.45, 2.75) is 13.0 Å². The van der Waals surface area contributed by atoms with Gasteiger partial charge >= 0.3 is 0 Å². The Kier molecular flexibility index (Phi) is 4.99. The summed E-state index contributed by atoms with van der Waals surface area (Å²) >= 11 is 0. The van der Waals surface area contributed by atoms with Gasteiger partial charge in [-0.2, -0.15) is 12.1 Å². The molecular formula is C25H18N4OPt-2. The van der Waals surface area contributed by atoms with Crippen LogP contribution in [-0.4, -0.2) is 14.1 Å². The number of rotatable bonds is 3. The predicted octanol–water partition coefficient (Wildman–Crippen LogP) is 4.06. The zero-order chi connectivity index (χ0) is 20.1. The van der Waals surface area contributed by atoms with Gasteiger partial charge in [0.05, 0.1) is 23.9 Å². The molecule has 2 aromatic heterocycles. The van der Waals surface area contributed by atoms with Gasteiger partial charge in [-0.05, 0) is 6.42 Å². The largest absolute Gasteiger partial charge is 0.504 e. The van der Waals surface area contributed by atoms with Gasteiger partial charge in [0.2, 0.25) is 6.33 Å². The predicted molar refractivity (Wildman–Crippen MR) is 112 cm³/mol. The van der Waals surface area contributed by atoms with Crippen LogP contribution in [0.5, 0.6) is 11.5 Å². The first-order valence-corrected chi connectivity index (χ1v) is 9.92. The van der Waals surface area contributed by atoms with Gasteiger partial charge in [0.25, 0.3) is 0 Å². The minimum absolute atomic E-state index is 0. The van der Waals surface area contributed by atoms with Crippen molar-refractivity contribution in [3.63, 3.8) is 0 Å². The van der Waals surface area contributed by atoms with E-state index in [1.165, 1.54) is 5.56 Å². The van der Waals surface area contributed by atoms with Gasteiger partial charge in [-0.25, -0.2) is 0 Å². The maximum Gasteiger partial charge on any atom is 0.242 e. The first kappa shape index (κ1) is 19.8. The second-order valence-electron chi connectivity index (χ2n) is 7.40. The van der Waals surface area contributed by atoms with Crippen LogP contribution < -0.4 is 9.30 Å². The fraction of sp³-hybridized carbons (Fsp3) is 0.120. The number of benzene rings is 3. The normalized spacial score (nSPS) is 12.2. The third kappa shape index (κ3) is 3.39. The van der Waals surface area contributed by atoms with E-state index < -0.39 is 0 Å². The molecule has 0 amide bonds. The van der Waals surface area contributed by atoms with E-state index in [-0.39, 0.29) is 21.1 Å². The first-order valence-electron chi connectivity index (χ1n) is 9.92. The molecule has 5 nitrogen and oxygen atoms in total. The van der Waals surface area contributed by atoms with Crippen LogP contribution in [0.15, 0.2) is 67.0 Å². The van der Waals surface area contributed by atoms with Gasteiger partial charge in [0.15, 0.2) is 0 Å². The summed E-state index contributed by atoms with van der Waals surface area (Å²) in [5.41, 5.74) is 5.31. The summed E-state index contributed by atoms with van der Waals surface area (Å²) in [6.45, 7) is 0.949. The molecule has 0 saturated heterocycles. The maximum absolute atomic E-state index is 6.13. The smallest absolute Gasteiger partial charge is 0.242 e. The second-order valence-corrected chi connectivity index (χ2v) is 7.40. The van der Waals surface area contributed by atoms with E-state index >= 15 is 0 Å². The molecule has 0 unspecified atom stereocenters.